The van der Waals surface area contributed by atoms with Crippen molar-refractivity contribution in [2.24, 2.45) is 0 Å². The van der Waals surface area contributed by atoms with Crippen LogP contribution in [0.5, 0.6) is 5.75 Å². The molecule has 0 saturated carbocycles. The molecule has 0 aliphatic carbocycles. The molecule has 0 aliphatic heterocycles. The molecule has 0 unspecified atom stereocenters. The third-order valence-electron chi connectivity index (χ3n) is 3.98. The first-order valence-corrected chi connectivity index (χ1v) is 8.77. The molecule has 0 fully saturated rings. The van der Waals surface area contributed by atoms with Crippen LogP contribution in [-0.4, -0.2) is 33.6 Å². The quantitative estimate of drug-likeness (QED) is 0.495. The minimum Gasteiger partial charge on any atom is -0.506 e. The van der Waals surface area contributed by atoms with Gasteiger partial charge in [0.1, 0.15) is 17.9 Å². The fourth-order valence-corrected chi connectivity index (χ4v) is 3.22. The highest BCUT2D eigenvalue weighted by Gasteiger charge is 2.19. The third kappa shape index (κ3) is 4.17. The van der Waals surface area contributed by atoms with Crippen molar-refractivity contribution < 1.29 is 19.8 Å². The molecule has 0 saturated heterocycles. The van der Waals surface area contributed by atoms with Crippen LogP contribution >= 0.6 is 15.9 Å². The standard InChI is InChI=1S/C19H15BrN2O5/c20-12-3-1-2-10(7-12)6-11-4-5-13-14(8-11)22-19(27)16(17(13)25)18(26)21-9-15(23)24/h1-5,7-8H,6,9H2,(H,21,26)(H,23,24)(H2,22,25,27). The number of fused-ring (bicyclic) bond motifs is 1. The smallest absolute Gasteiger partial charge is 0.322 e. The molecule has 1 aromatic heterocycles. The molecule has 0 bridgehead atoms. The first-order valence-electron chi connectivity index (χ1n) is 7.97. The normalized spacial score (nSPS) is 10.7. The summed E-state index contributed by atoms with van der Waals surface area (Å²) in [7, 11) is 0. The summed E-state index contributed by atoms with van der Waals surface area (Å²) in [4.78, 5) is 37.4. The monoisotopic (exact) mass is 430 g/mol. The number of H-pyrrole nitrogens is 1. The van der Waals surface area contributed by atoms with Gasteiger partial charge in [-0.25, -0.2) is 0 Å². The van der Waals surface area contributed by atoms with E-state index in [0.717, 1.165) is 15.6 Å². The maximum Gasteiger partial charge on any atom is 0.322 e. The number of hydrogen-bond acceptors (Lipinski definition) is 4. The highest BCUT2D eigenvalue weighted by Crippen LogP contribution is 2.26. The van der Waals surface area contributed by atoms with Crippen LogP contribution in [0.25, 0.3) is 10.9 Å². The summed E-state index contributed by atoms with van der Waals surface area (Å²) in [6.45, 7) is -0.651. The molecule has 3 rings (SSSR count). The number of aromatic hydroxyl groups is 1. The number of aromatic amines is 1. The van der Waals surface area contributed by atoms with E-state index in [1.807, 2.05) is 24.3 Å². The Hall–Kier alpha value is -3.13. The zero-order valence-electron chi connectivity index (χ0n) is 14.0. The van der Waals surface area contributed by atoms with Crippen LogP contribution in [0.2, 0.25) is 0 Å². The average molecular weight is 431 g/mol. The van der Waals surface area contributed by atoms with Crippen LogP contribution in [0.15, 0.2) is 51.7 Å². The summed E-state index contributed by atoms with van der Waals surface area (Å²) < 4.78 is 0.962. The van der Waals surface area contributed by atoms with Gasteiger partial charge in [0.15, 0.2) is 0 Å². The maximum atomic E-state index is 12.2. The van der Waals surface area contributed by atoms with Crippen LogP contribution in [-0.2, 0) is 11.2 Å². The fourth-order valence-electron chi connectivity index (χ4n) is 2.78. The summed E-state index contributed by atoms with van der Waals surface area (Å²) in [6, 6.07) is 13.0. The minimum absolute atomic E-state index is 0.299. The molecular weight excluding hydrogens is 416 g/mol. The van der Waals surface area contributed by atoms with Crippen LogP contribution < -0.4 is 10.9 Å². The Morgan fingerprint density at radius 3 is 2.56 bits per heavy atom. The molecule has 0 atom stereocenters. The lowest BCUT2D eigenvalue weighted by atomic mass is 10.0. The van der Waals surface area contributed by atoms with Crippen molar-refractivity contribution in [3.05, 3.63) is 74.0 Å². The highest BCUT2D eigenvalue weighted by molar-refractivity contribution is 9.10. The van der Waals surface area contributed by atoms with E-state index in [1.165, 1.54) is 0 Å². The van der Waals surface area contributed by atoms with E-state index in [9.17, 15) is 19.5 Å². The summed E-state index contributed by atoms with van der Waals surface area (Å²) in [6.07, 6.45) is 0.624. The third-order valence-corrected chi connectivity index (χ3v) is 4.47. The maximum absolute atomic E-state index is 12.2. The van der Waals surface area contributed by atoms with E-state index in [1.54, 1.807) is 18.2 Å². The van der Waals surface area contributed by atoms with Gasteiger partial charge in [-0.3, -0.25) is 14.4 Å². The Morgan fingerprint density at radius 1 is 1.11 bits per heavy atom. The Labute approximate surface area is 161 Å². The van der Waals surface area contributed by atoms with Gasteiger partial charge in [0, 0.05) is 9.86 Å². The van der Waals surface area contributed by atoms with E-state index in [0.29, 0.717) is 17.3 Å². The second kappa shape index (κ2) is 7.63. The number of carboxylic acids is 1. The summed E-state index contributed by atoms with van der Waals surface area (Å²) in [5.41, 5.74) is 1.07. The van der Waals surface area contributed by atoms with Crippen molar-refractivity contribution in [1.82, 2.24) is 10.3 Å². The predicted octanol–water partition coefficient (Wildman–Crippen LogP) is 2.40. The summed E-state index contributed by atoms with van der Waals surface area (Å²) in [5.74, 6) is -2.68. The molecule has 3 aromatic rings. The molecule has 138 valence electrons. The molecule has 2 aromatic carbocycles. The van der Waals surface area contributed by atoms with E-state index < -0.39 is 35.3 Å². The van der Waals surface area contributed by atoms with Crippen molar-refractivity contribution in [2.75, 3.05) is 6.54 Å². The largest absolute Gasteiger partial charge is 0.506 e. The molecule has 1 amide bonds. The zero-order valence-corrected chi connectivity index (χ0v) is 15.5. The molecule has 4 N–H and O–H groups in total. The van der Waals surface area contributed by atoms with Crippen LogP contribution in [0.4, 0.5) is 0 Å². The number of amides is 1. The number of halogens is 1. The second-order valence-electron chi connectivity index (χ2n) is 5.94. The van der Waals surface area contributed by atoms with Gasteiger partial charge in [-0.15, -0.1) is 0 Å². The molecule has 27 heavy (non-hydrogen) atoms. The molecule has 1 heterocycles. The van der Waals surface area contributed by atoms with Crippen LogP contribution in [0.1, 0.15) is 21.5 Å². The molecule has 7 nitrogen and oxygen atoms in total. The van der Waals surface area contributed by atoms with E-state index in [2.05, 4.69) is 26.2 Å². The Balaban J connectivity index is 1.97. The average Bonchev–Trinajstić information content (AvgIpc) is 2.59. The van der Waals surface area contributed by atoms with Crippen LogP contribution in [0, 0.1) is 0 Å². The molecule has 0 radical (unpaired) electrons. The summed E-state index contributed by atoms with van der Waals surface area (Å²) in [5, 5.41) is 21.3. The lowest BCUT2D eigenvalue weighted by Crippen LogP contribution is -2.33. The SMILES string of the molecule is O=C(O)CNC(=O)c1c(O)c2ccc(Cc3cccc(Br)c3)cc2[nH]c1=O. The summed E-state index contributed by atoms with van der Waals surface area (Å²) >= 11 is 3.42. The lowest BCUT2D eigenvalue weighted by Gasteiger charge is -2.09. The Morgan fingerprint density at radius 2 is 1.85 bits per heavy atom. The topological polar surface area (TPSA) is 119 Å². The van der Waals surface area contributed by atoms with Crippen LogP contribution in [0.3, 0.4) is 0 Å². The number of nitrogens with one attached hydrogen (secondary N) is 2. The zero-order chi connectivity index (χ0) is 19.6. The van der Waals surface area contributed by atoms with Gasteiger partial charge in [0.25, 0.3) is 11.5 Å². The van der Waals surface area contributed by atoms with Crippen molar-refractivity contribution in [1.29, 1.82) is 0 Å². The van der Waals surface area contributed by atoms with Gasteiger partial charge in [-0.1, -0.05) is 34.1 Å². The van der Waals surface area contributed by atoms with Crippen molar-refractivity contribution in [3.63, 3.8) is 0 Å². The number of aliphatic carboxylic acids is 1. The molecule has 0 spiro atoms. The number of carbonyl (C=O) groups excluding carboxylic acids is 1. The molecular formula is C19H15BrN2O5. The van der Waals surface area contributed by atoms with Gasteiger partial charge >= 0.3 is 5.97 Å². The number of carboxylic acid groups (broad SMARTS) is 1. The lowest BCUT2D eigenvalue weighted by molar-refractivity contribution is -0.135. The van der Waals surface area contributed by atoms with Crippen molar-refractivity contribution in [2.45, 2.75) is 6.42 Å². The number of rotatable bonds is 5. The van der Waals surface area contributed by atoms with Crippen molar-refractivity contribution >= 4 is 38.7 Å². The van der Waals surface area contributed by atoms with Gasteiger partial charge in [-0.2, -0.15) is 0 Å². The predicted molar refractivity (Wildman–Crippen MR) is 103 cm³/mol. The van der Waals surface area contributed by atoms with E-state index in [-0.39, 0.29) is 0 Å². The highest BCUT2D eigenvalue weighted by atomic mass is 79.9. The Kier molecular flexibility index (Phi) is 5.27. The number of carbonyl (C=O) groups is 2. The number of benzene rings is 2. The van der Waals surface area contributed by atoms with Gasteiger partial charge in [0.2, 0.25) is 0 Å². The Bertz CT molecular complexity index is 1110. The number of aromatic nitrogens is 1. The molecule has 0 aliphatic rings. The minimum atomic E-state index is -1.25. The fraction of sp³-hybridized carbons (Fsp3) is 0.105. The first kappa shape index (κ1) is 18.7. The number of hydrogen-bond donors (Lipinski definition) is 4. The van der Waals surface area contributed by atoms with E-state index >= 15 is 0 Å². The first-order chi connectivity index (χ1) is 12.8. The number of pyridine rings is 1. The van der Waals surface area contributed by atoms with Gasteiger partial charge in [-0.05, 0) is 41.8 Å². The van der Waals surface area contributed by atoms with E-state index in [4.69, 9.17) is 5.11 Å². The molecule has 8 heteroatoms. The second-order valence-corrected chi connectivity index (χ2v) is 6.86. The van der Waals surface area contributed by atoms with Crippen molar-refractivity contribution in [3.8, 4) is 5.75 Å². The van der Waals surface area contributed by atoms with Gasteiger partial charge < -0.3 is 20.5 Å². The van der Waals surface area contributed by atoms with Gasteiger partial charge in [0.05, 0.1) is 5.52 Å².